The first-order valence-electron chi connectivity index (χ1n) is 8.09. The first kappa shape index (κ1) is 12.8. The molecule has 20 heavy (non-hydrogen) atoms. The summed E-state index contributed by atoms with van der Waals surface area (Å²) in [6.45, 7) is 8.23. The minimum Gasteiger partial charge on any atom is -0.331 e. The monoisotopic (exact) mass is 275 g/mol. The standard InChI is InChI=1S/C15H25N5/c1-2-13(1)20-6-5-17-15(20)12-18-7-9-19(10-8-18)14-3-4-16-11-14/h5-6,13-14,16H,1-4,7-12H2/t14-/m1/s1. The molecule has 3 heterocycles. The quantitative estimate of drug-likeness (QED) is 0.877. The Kier molecular flexibility index (Phi) is 3.50. The summed E-state index contributed by atoms with van der Waals surface area (Å²) in [6.07, 6.45) is 8.13. The van der Waals surface area contributed by atoms with Crippen LogP contribution in [0.25, 0.3) is 0 Å². The maximum absolute atomic E-state index is 4.57. The van der Waals surface area contributed by atoms with Gasteiger partial charge < -0.3 is 9.88 Å². The Balaban J connectivity index is 1.31. The van der Waals surface area contributed by atoms with Crippen LogP contribution in [0.5, 0.6) is 0 Å². The third-order valence-electron chi connectivity index (χ3n) is 5.01. The molecule has 110 valence electrons. The highest BCUT2D eigenvalue weighted by atomic mass is 15.3. The molecule has 5 nitrogen and oxygen atoms in total. The van der Waals surface area contributed by atoms with Crippen molar-refractivity contribution < 1.29 is 0 Å². The molecule has 2 saturated heterocycles. The van der Waals surface area contributed by atoms with Crippen LogP contribution in [0.4, 0.5) is 0 Å². The van der Waals surface area contributed by atoms with Crippen LogP contribution in [-0.2, 0) is 6.54 Å². The highest BCUT2D eigenvalue weighted by Crippen LogP contribution is 2.35. The van der Waals surface area contributed by atoms with Gasteiger partial charge in [-0.25, -0.2) is 4.98 Å². The molecule has 3 aliphatic rings. The van der Waals surface area contributed by atoms with Crippen LogP contribution in [0.2, 0.25) is 0 Å². The van der Waals surface area contributed by atoms with Gasteiger partial charge in [0, 0.05) is 57.2 Å². The zero-order valence-electron chi connectivity index (χ0n) is 12.2. The van der Waals surface area contributed by atoms with E-state index in [0.29, 0.717) is 0 Å². The van der Waals surface area contributed by atoms with Crippen LogP contribution in [0.3, 0.4) is 0 Å². The van der Waals surface area contributed by atoms with Gasteiger partial charge >= 0.3 is 0 Å². The van der Waals surface area contributed by atoms with E-state index in [4.69, 9.17) is 0 Å². The Labute approximate surface area is 121 Å². The summed E-state index contributed by atoms with van der Waals surface area (Å²) in [5.41, 5.74) is 0. The van der Waals surface area contributed by atoms with E-state index in [1.807, 2.05) is 6.20 Å². The molecule has 0 unspecified atom stereocenters. The minimum atomic E-state index is 0.748. The Hall–Kier alpha value is -0.910. The molecule has 1 aliphatic carbocycles. The summed E-state index contributed by atoms with van der Waals surface area (Å²) in [4.78, 5) is 9.81. The highest BCUT2D eigenvalue weighted by molar-refractivity contribution is 5.00. The number of hydrogen-bond donors (Lipinski definition) is 1. The molecular weight excluding hydrogens is 250 g/mol. The van der Waals surface area contributed by atoms with Gasteiger partial charge in [0.05, 0.1) is 6.54 Å². The van der Waals surface area contributed by atoms with Crippen molar-refractivity contribution in [2.24, 2.45) is 0 Å². The number of rotatable bonds is 4. The van der Waals surface area contributed by atoms with Gasteiger partial charge in [0.25, 0.3) is 0 Å². The average Bonchev–Trinajstić information content (AvgIpc) is 3.00. The van der Waals surface area contributed by atoms with Gasteiger partial charge in [-0.1, -0.05) is 0 Å². The van der Waals surface area contributed by atoms with Crippen molar-refractivity contribution in [2.45, 2.75) is 37.9 Å². The molecule has 1 saturated carbocycles. The summed E-state index contributed by atoms with van der Waals surface area (Å²) in [7, 11) is 0. The molecule has 0 radical (unpaired) electrons. The number of imidazole rings is 1. The molecule has 3 fully saturated rings. The smallest absolute Gasteiger partial charge is 0.123 e. The number of nitrogens with one attached hydrogen (secondary N) is 1. The van der Waals surface area contributed by atoms with Crippen molar-refractivity contribution in [3.63, 3.8) is 0 Å². The predicted octanol–water partition coefficient (Wildman–Crippen LogP) is 0.698. The average molecular weight is 275 g/mol. The summed E-state index contributed by atoms with van der Waals surface area (Å²) in [5.74, 6) is 1.27. The van der Waals surface area contributed by atoms with Crippen molar-refractivity contribution in [3.8, 4) is 0 Å². The number of nitrogens with zero attached hydrogens (tertiary/aromatic N) is 4. The molecule has 1 aromatic rings. The van der Waals surface area contributed by atoms with Gasteiger partial charge in [-0.15, -0.1) is 0 Å². The molecule has 1 atom stereocenters. The van der Waals surface area contributed by atoms with Gasteiger partial charge in [0.15, 0.2) is 0 Å². The zero-order chi connectivity index (χ0) is 13.4. The normalized spacial score (nSPS) is 29.1. The fourth-order valence-corrected chi connectivity index (χ4v) is 3.59. The third-order valence-corrected chi connectivity index (χ3v) is 5.01. The number of aromatic nitrogens is 2. The van der Waals surface area contributed by atoms with E-state index in [-0.39, 0.29) is 0 Å². The molecular formula is C15H25N5. The number of piperazine rings is 1. The largest absolute Gasteiger partial charge is 0.331 e. The van der Waals surface area contributed by atoms with E-state index in [9.17, 15) is 0 Å². The van der Waals surface area contributed by atoms with Crippen LogP contribution in [0.15, 0.2) is 12.4 Å². The van der Waals surface area contributed by atoms with Gasteiger partial charge in [-0.05, 0) is 25.8 Å². The molecule has 1 aromatic heterocycles. The summed E-state index contributed by atoms with van der Waals surface area (Å²) in [6, 6.07) is 1.53. The van der Waals surface area contributed by atoms with E-state index < -0.39 is 0 Å². The van der Waals surface area contributed by atoms with Gasteiger partial charge in [0.1, 0.15) is 5.82 Å². The number of hydrogen-bond acceptors (Lipinski definition) is 4. The second kappa shape index (κ2) is 5.47. The fourth-order valence-electron chi connectivity index (χ4n) is 3.59. The Morgan fingerprint density at radius 1 is 1.10 bits per heavy atom. The Morgan fingerprint density at radius 2 is 1.95 bits per heavy atom. The molecule has 4 rings (SSSR count). The molecule has 0 spiro atoms. The van der Waals surface area contributed by atoms with Crippen LogP contribution >= 0.6 is 0 Å². The lowest BCUT2D eigenvalue weighted by Crippen LogP contribution is -2.50. The molecule has 5 heteroatoms. The van der Waals surface area contributed by atoms with Crippen LogP contribution in [0, 0.1) is 0 Å². The van der Waals surface area contributed by atoms with Crippen molar-refractivity contribution in [2.75, 3.05) is 39.3 Å². The van der Waals surface area contributed by atoms with Crippen molar-refractivity contribution in [3.05, 3.63) is 18.2 Å². The first-order valence-corrected chi connectivity index (χ1v) is 8.09. The van der Waals surface area contributed by atoms with Crippen molar-refractivity contribution in [1.29, 1.82) is 0 Å². The third kappa shape index (κ3) is 2.62. The topological polar surface area (TPSA) is 36.3 Å². The van der Waals surface area contributed by atoms with Crippen molar-refractivity contribution in [1.82, 2.24) is 24.7 Å². The maximum atomic E-state index is 4.57. The van der Waals surface area contributed by atoms with Crippen LogP contribution in [0.1, 0.15) is 31.1 Å². The molecule has 1 N–H and O–H groups in total. The highest BCUT2D eigenvalue weighted by Gasteiger charge is 2.28. The van der Waals surface area contributed by atoms with E-state index in [1.165, 1.54) is 64.4 Å². The molecule has 0 aromatic carbocycles. The van der Waals surface area contributed by atoms with E-state index in [0.717, 1.165) is 18.6 Å². The molecule has 0 bridgehead atoms. The van der Waals surface area contributed by atoms with Gasteiger partial charge in [0.2, 0.25) is 0 Å². The van der Waals surface area contributed by atoms with Gasteiger partial charge in [-0.2, -0.15) is 0 Å². The summed E-state index contributed by atoms with van der Waals surface area (Å²) >= 11 is 0. The SMILES string of the molecule is c1cn(C2CC2)c(CN2CCN([C@@H]3CCNC3)CC2)n1. The second-order valence-electron chi connectivity index (χ2n) is 6.44. The lowest BCUT2D eigenvalue weighted by Gasteiger charge is -2.37. The Morgan fingerprint density at radius 3 is 2.65 bits per heavy atom. The summed E-state index contributed by atoms with van der Waals surface area (Å²) in [5, 5.41) is 3.48. The maximum Gasteiger partial charge on any atom is 0.123 e. The minimum absolute atomic E-state index is 0.748. The van der Waals surface area contributed by atoms with E-state index in [1.54, 1.807) is 0 Å². The predicted molar refractivity (Wildman–Crippen MR) is 78.6 cm³/mol. The zero-order valence-corrected chi connectivity index (χ0v) is 12.2. The van der Waals surface area contributed by atoms with E-state index >= 15 is 0 Å². The lowest BCUT2D eigenvalue weighted by molar-refractivity contribution is 0.0957. The Bertz CT molecular complexity index is 439. The van der Waals surface area contributed by atoms with Gasteiger partial charge in [-0.3, -0.25) is 9.80 Å². The summed E-state index contributed by atoms with van der Waals surface area (Å²) < 4.78 is 2.40. The fraction of sp³-hybridized carbons (Fsp3) is 0.800. The molecule has 2 aliphatic heterocycles. The van der Waals surface area contributed by atoms with Crippen LogP contribution in [-0.4, -0.2) is 64.7 Å². The molecule has 0 amide bonds. The lowest BCUT2D eigenvalue weighted by atomic mass is 10.2. The van der Waals surface area contributed by atoms with E-state index in [2.05, 4.69) is 30.9 Å². The second-order valence-corrected chi connectivity index (χ2v) is 6.44. The van der Waals surface area contributed by atoms with Crippen molar-refractivity contribution >= 4 is 0 Å². The first-order chi connectivity index (χ1) is 9.90. The van der Waals surface area contributed by atoms with Crippen LogP contribution < -0.4 is 5.32 Å².